The zero-order valence-corrected chi connectivity index (χ0v) is 20.2. The van der Waals surface area contributed by atoms with Crippen molar-refractivity contribution in [1.29, 1.82) is 0 Å². The van der Waals surface area contributed by atoms with Crippen LogP contribution in [0.4, 0.5) is 5.69 Å². The highest BCUT2D eigenvalue weighted by molar-refractivity contribution is 5.88. The van der Waals surface area contributed by atoms with E-state index in [1.54, 1.807) is 31.1 Å². The summed E-state index contributed by atoms with van der Waals surface area (Å²) in [5.41, 5.74) is 1.62. The summed E-state index contributed by atoms with van der Waals surface area (Å²) in [6, 6.07) is 13.0. The fourth-order valence-electron chi connectivity index (χ4n) is 4.24. The highest BCUT2D eigenvalue weighted by Crippen LogP contribution is 2.28. The summed E-state index contributed by atoms with van der Waals surface area (Å²) in [6.07, 6.45) is 0. The second kappa shape index (κ2) is 11.1. The van der Waals surface area contributed by atoms with E-state index in [4.69, 9.17) is 13.9 Å². The van der Waals surface area contributed by atoms with Gasteiger partial charge in [-0.15, -0.1) is 0 Å². The summed E-state index contributed by atoms with van der Waals surface area (Å²) in [5.74, 6) is 0.196. The highest BCUT2D eigenvalue weighted by Gasteiger charge is 2.29. The zero-order valence-electron chi connectivity index (χ0n) is 20.2. The van der Waals surface area contributed by atoms with Gasteiger partial charge in [-0.25, -0.2) is 4.79 Å². The van der Waals surface area contributed by atoms with E-state index in [0.29, 0.717) is 37.5 Å². The van der Waals surface area contributed by atoms with Crippen molar-refractivity contribution in [3.05, 3.63) is 64.5 Å². The van der Waals surface area contributed by atoms with Crippen LogP contribution in [-0.4, -0.2) is 74.4 Å². The standard InChI is InChI=1S/C26H29N3O7/c1-17-13-25(32)36-23-14-18(7-8-19(17)23)35-16-24(31)27-20(15-30)26(33)29-11-9-28(10-12-29)21-5-3-4-6-22(21)34-2/h3-8,13-14,20,30H,9-12,15-16H2,1-2H3,(H,27,31)/t20-/m0/s1. The SMILES string of the molecule is COc1ccccc1N1CCN(C(=O)[C@H](CO)NC(=O)COc2ccc3c(C)cc(=O)oc3c2)CC1. The Kier molecular flexibility index (Phi) is 7.74. The third-order valence-electron chi connectivity index (χ3n) is 6.13. The number of ether oxygens (including phenoxy) is 2. The highest BCUT2D eigenvalue weighted by atomic mass is 16.5. The maximum absolute atomic E-state index is 12.9. The third-order valence-corrected chi connectivity index (χ3v) is 6.13. The summed E-state index contributed by atoms with van der Waals surface area (Å²) in [4.78, 5) is 40.8. The van der Waals surface area contributed by atoms with Crippen molar-refractivity contribution in [2.45, 2.75) is 13.0 Å². The largest absolute Gasteiger partial charge is 0.495 e. The zero-order chi connectivity index (χ0) is 25.7. The molecule has 1 atom stereocenters. The average molecular weight is 496 g/mol. The van der Waals surface area contributed by atoms with Crippen molar-refractivity contribution in [3.8, 4) is 11.5 Å². The van der Waals surface area contributed by atoms with Gasteiger partial charge < -0.3 is 34.1 Å². The van der Waals surface area contributed by atoms with Crippen LogP contribution in [0.5, 0.6) is 11.5 Å². The quantitative estimate of drug-likeness (QED) is 0.449. The minimum absolute atomic E-state index is 0.339. The lowest BCUT2D eigenvalue weighted by Crippen LogP contribution is -2.56. The second-order valence-corrected chi connectivity index (χ2v) is 8.48. The number of rotatable bonds is 8. The van der Waals surface area contributed by atoms with Gasteiger partial charge in [0.2, 0.25) is 5.91 Å². The number of piperazine rings is 1. The normalized spacial score (nSPS) is 14.4. The number of aryl methyl sites for hydroxylation is 1. The number of anilines is 1. The number of methoxy groups -OCH3 is 1. The van der Waals surface area contributed by atoms with Gasteiger partial charge in [0, 0.05) is 43.7 Å². The molecule has 4 rings (SSSR count). The molecule has 10 heteroatoms. The van der Waals surface area contributed by atoms with Gasteiger partial charge in [-0.1, -0.05) is 12.1 Å². The molecule has 2 amide bonds. The Labute approximate surface area is 208 Å². The van der Waals surface area contributed by atoms with Crippen molar-refractivity contribution in [2.24, 2.45) is 0 Å². The average Bonchev–Trinajstić information content (AvgIpc) is 2.90. The van der Waals surface area contributed by atoms with Crippen molar-refractivity contribution in [3.63, 3.8) is 0 Å². The first-order valence-corrected chi connectivity index (χ1v) is 11.6. The molecule has 2 aromatic carbocycles. The van der Waals surface area contributed by atoms with Crippen molar-refractivity contribution < 1.29 is 28.6 Å². The van der Waals surface area contributed by atoms with Crippen LogP contribution in [0.25, 0.3) is 11.0 Å². The molecule has 1 saturated heterocycles. The second-order valence-electron chi connectivity index (χ2n) is 8.48. The van der Waals surface area contributed by atoms with E-state index in [1.807, 2.05) is 24.3 Å². The summed E-state index contributed by atoms with van der Waals surface area (Å²) in [5, 5.41) is 13.1. The molecule has 2 heterocycles. The molecule has 0 saturated carbocycles. The van der Waals surface area contributed by atoms with Crippen LogP contribution in [0.1, 0.15) is 5.56 Å². The van der Waals surface area contributed by atoms with Crippen LogP contribution >= 0.6 is 0 Å². The topological polar surface area (TPSA) is 122 Å². The first-order valence-electron chi connectivity index (χ1n) is 11.6. The van der Waals surface area contributed by atoms with Crippen LogP contribution in [0.2, 0.25) is 0 Å². The molecule has 1 aliphatic rings. The number of aliphatic hydroxyl groups is 1. The number of para-hydroxylation sites is 2. The predicted octanol–water partition coefficient (Wildman–Crippen LogP) is 1.31. The van der Waals surface area contributed by atoms with Crippen LogP contribution < -0.4 is 25.3 Å². The lowest BCUT2D eigenvalue weighted by molar-refractivity contribution is -0.138. The smallest absolute Gasteiger partial charge is 0.336 e. The molecular weight excluding hydrogens is 466 g/mol. The van der Waals surface area contributed by atoms with Gasteiger partial charge in [0.15, 0.2) is 6.61 Å². The summed E-state index contributed by atoms with van der Waals surface area (Å²) < 4.78 is 16.1. The number of aliphatic hydroxyl groups excluding tert-OH is 1. The molecule has 0 unspecified atom stereocenters. The van der Waals surface area contributed by atoms with Gasteiger partial charge in [-0.05, 0) is 36.8 Å². The number of nitrogens with one attached hydrogen (secondary N) is 1. The molecule has 1 fully saturated rings. The summed E-state index contributed by atoms with van der Waals surface area (Å²) in [7, 11) is 1.62. The molecular formula is C26H29N3O7. The van der Waals surface area contributed by atoms with Gasteiger partial charge in [0.25, 0.3) is 5.91 Å². The molecule has 190 valence electrons. The fraction of sp³-hybridized carbons (Fsp3) is 0.346. The van der Waals surface area contributed by atoms with Gasteiger partial charge in [-0.2, -0.15) is 0 Å². The van der Waals surface area contributed by atoms with E-state index in [2.05, 4.69) is 10.2 Å². The number of fused-ring (bicyclic) bond motifs is 1. The summed E-state index contributed by atoms with van der Waals surface area (Å²) >= 11 is 0. The number of carbonyl (C=O) groups is 2. The molecule has 1 aliphatic heterocycles. The molecule has 36 heavy (non-hydrogen) atoms. The maximum atomic E-state index is 12.9. The van der Waals surface area contributed by atoms with Gasteiger partial charge in [0.05, 0.1) is 19.4 Å². The van der Waals surface area contributed by atoms with Crippen molar-refractivity contribution >= 4 is 28.5 Å². The minimum atomic E-state index is -1.07. The number of nitrogens with zero attached hydrogens (tertiary/aromatic N) is 2. The van der Waals surface area contributed by atoms with Crippen LogP contribution in [0, 0.1) is 6.92 Å². The third kappa shape index (κ3) is 5.60. The monoisotopic (exact) mass is 495 g/mol. The van der Waals surface area contributed by atoms with Crippen LogP contribution in [0.3, 0.4) is 0 Å². The number of hydrogen-bond donors (Lipinski definition) is 2. The Bertz CT molecular complexity index is 1300. The fourth-order valence-corrected chi connectivity index (χ4v) is 4.24. The maximum Gasteiger partial charge on any atom is 0.336 e. The Balaban J connectivity index is 1.31. The van der Waals surface area contributed by atoms with Gasteiger partial charge in [-0.3, -0.25) is 9.59 Å². The molecule has 1 aromatic heterocycles. The molecule has 10 nitrogen and oxygen atoms in total. The molecule has 0 spiro atoms. The Morgan fingerprint density at radius 1 is 1.11 bits per heavy atom. The van der Waals surface area contributed by atoms with E-state index in [9.17, 15) is 19.5 Å². The predicted molar refractivity (Wildman–Crippen MR) is 134 cm³/mol. The molecule has 3 aromatic rings. The summed E-state index contributed by atoms with van der Waals surface area (Å²) in [6.45, 7) is 2.99. The van der Waals surface area contributed by atoms with Gasteiger partial charge in [0.1, 0.15) is 23.1 Å². The van der Waals surface area contributed by atoms with E-state index in [-0.39, 0.29) is 12.5 Å². The molecule has 0 radical (unpaired) electrons. The van der Waals surface area contributed by atoms with E-state index in [1.165, 1.54) is 12.1 Å². The van der Waals surface area contributed by atoms with E-state index < -0.39 is 24.2 Å². The first kappa shape index (κ1) is 25.1. The molecule has 2 N–H and O–H groups in total. The van der Waals surface area contributed by atoms with E-state index in [0.717, 1.165) is 22.4 Å². The van der Waals surface area contributed by atoms with Crippen LogP contribution in [0.15, 0.2) is 57.7 Å². The number of benzene rings is 2. The number of hydrogen-bond acceptors (Lipinski definition) is 8. The molecule has 0 bridgehead atoms. The number of amides is 2. The van der Waals surface area contributed by atoms with Crippen LogP contribution in [-0.2, 0) is 9.59 Å². The lowest BCUT2D eigenvalue weighted by atomic mass is 10.1. The van der Waals surface area contributed by atoms with Gasteiger partial charge >= 0.3 is 5.63 Å². The lowest BCUT2D eigenvalue weighted by Gasteiger charge is -2.37. The molecule has 0 aliphatic carbocycles. The van der Waals surface area contributed by atoms with Crippen molar-refractivity contribution in [1.82, 2.24) is 10.2 Å². The Hall–Kier alpha value is -4.05. The Morgan fingerprint density at radius 2 is 1.86 bits per heavy atom. The minimum Gasteiger partial charge on any atom is -0.495 e. The first-order chi connectivity index (χ1) is 17.4. The number of carbonyl (C=O) groups excluding carboxylic acids is 2. The Morgan fingerprint density at radius 3 is 2.58 bits per heavy atom. The van der Waals surface area contributed by atoms with E-state index >= 15 is 0 Å². The van der Waals surface area contributed by atoms with Crippen molar-refractivity contribution in [2.75, 3.05) is 51.4 Å².